The van der Waals surface area contributed by atoms with Crippen LogP contribution in [-0.4, -0.2) is 10.9 Å². The predicted octanol–water partition coefficient (Wildman–Crippen LogP) is 1.53. The molecule has 3 nitrogen and oxygen atoms in total. The van der Waals surface area contributed by atoms with Crippen molar-refractivity contribution < 1.29 is 4.79 Å². The molecule has 3 N–H and O–H groups in total. The molecule has 1 unspecified atom stereocenters. The summed E-state index contributed by atoms with van der Waals surface area (Å²) in [6.45, 7) is 4.23. The molecule has 0 aromatic heterocycles. The molecule has 86 valence electrons. The largest absolute Gasteiger partial charge is 0.393 e. The molecule has 1 amide bonds. The van der Waals surface area contributed by atoms with Crippen LogP contribution in [0.3, 0.4) is 0 Å². The number of nitrogens with one attached hydrogen (secondary N) is 1. The second kappa shape index (κ2) is 5.61. The first-order chi connectivity index (χ1) is 7.50. The van der Waals surface area contributed by atoms with Gasteiger partial charge in [0, 0.05) is 6.54 Å². The molecule has 0 saturated carbocycles. The fraction of sp³-hybridized carbons (Fsp3) is 0.333. The predicted molar refractivity (Wildman–Crippen MR) is 69.0 cm³/mol. The van der Waals surface area contributed by atoms with Gasteiger partial charge in [0.15, 0.2) is 0 Å². The van der Waals surface area contributed by atoms with Crippen molar-refractivity contribution in [3.8, 4) is 0 Å². The number of hydrogen-bond acceptors (Lipinski definition) is 2. The van der Waals surface area contributed by atoms with Crippen molar-refractivity contribution in [2.45, 2.75) is 20.4 Å². The van der Waals surface area contributed by atoms with E-state index in [2.05, 4.69) is 5.32 Å². The van der Waals surface area contributed by atoms with Crippen LogP contribution in [0.25, 0.3) is 0 Å². The van der Waals surface area contributed by atoms with E-state index in [1.807, 2.05) is 31.2 Å². The summed E-state index contributed by atoms with van der Waals surface area (Å²) in [7, 11) is 0. The zero-order valence-electron chi connectivity index (χ0n) is 9.49. The minimum Gasteiger partial charge on any atom is -0.393 e. The lowest BCUT2D eigenvalue weighted by Gasteiger charge is -2.10. The van der Waals surface area contributed by atoms with Crippen molar-refractivity contribution >= 4 is 23.1 Å². The molecule has 1 atom stereocenters. The summed E-state index contributed by atoms with van der Waals surface area (Å²) in [6, 6.07) is 8.00. The van der Waals surface area contributed by atoms with Crippen LogP contribution in [0.1, 0.15) is 18.1 Å². The Morgan fingerprint density at radius 1 is 1.44 bits per heavy atom. The third-order valence-corrected chi connectivity index (χ3v) is 2.76. The van der Waals surface area contributed by atoms with Crippen LogP contribution in [0, 0.1) is 12.8 Å². The molecular formula is C12H16N2OS. The fourth-order valence-corrected chi connectivity index (χ4v) is 1.28. The van der Waals surface area contributed by atoms with E-state index in [1.165, 1.54) is 5.56 Å². The number of benzene rings is 1. The van der Waals surface area contributed by atoms with Gasteiger partial charge in [-0.2, -0.15) is 0 Å². The number of thiocarbonyl (C=S) groups is 1. The van der Waals surface area contributed by atoms with Crippen molar-refractivity contribution in [1.29, 1.82) is 0 Å². The molecule has 0 bridgehead atoms. The van der Waals surface area contributed by atoms with E-state index in [0.29, 0.717) is 6.54 Å². The second-order valence-electron chi connectivity index (χ2n) is 3.83. The fourth-order valence-electron chi connectivity index (χ4n) is 1.18. The van der Waals surface area contributed by atoms with Crippen molar-refractivity contribution in [2.24, 2.45) is 11.7 Å². The first kappa shape index (κ1) is 12.6. The standard InChI is InChI=1S/C12H16N2OS/c1-8-3-5-10(6-4-8)7-14-12(15)9(2)11(13)16/h3-6,9H,7H2,1-2H3,(H2,13,16)(H,14,15). The lowest BCUT2D eigenvalue weighted by molar-refractivity contribution is -0.122. The third kappa shape index (κ3) is 3.62. The van der Waals surface area contributed by atoms with Crippen LogP contribution >= 0.6 is 12.2 Å². The zero-order valence-corrected chi connectivity index (χ0v) is 10.3. The highest BCUT2D eigenvalue weighted by Gasteiger charge is 2.14. The van der Waals surface area contributed by atoms with Gasteiger partial charge in [0.1, 0.15) is 0 Å². The topological polar surface area (TPSA) is 55.1 Å². The molecule has 0 spiro atoms. The van der Waals surface area contributed by atoms with Gasteiger partial charge < -0.3 is 11.1 Å². The Morgan fingerprint density at radius 2 is 2.00 bits per heavy atom. The minimum atomic E-state index is -0.416. The average molecular weight is 236 g/mol. The summed E-state index contributed by atoms with van der Waals surface area (Å²) in [5.74, 6) is -0.548. The lowest BCUT2D eigenvalue weighted by atomic mass is 10.1. The van der Waals surface area contributed by atoms with E-state index in [1.54, 1.807) is 6.92 Å². The van der Waals surface area contributed by atoms with Gasteiger partial charge in [0.05, 0.1) is 10.9 Å². The molecule has 0 aliphatic carbocycles. The Kier molecular flexibility index (Phi) is 4.43. The minimum absolute atomic E-state index is 0.131. The molecule has 1 rings (SSSR count). The van der Waals surface area contributed by atoms with Gasteiger partial charge in [-0.15, -0.1) is 0 Å². The molecule has 0 saturated heterocycles. The molecule has 4 heteroatoms. The molecule has 1 aromatic rings. The number of nitrogens with two attached hydrogens (primary N) is 1. The summed E-state index contributed by atoms with van der Waals surface area (Å²) < 4.78 is 0. The Balaban J connectivity index is 2.49. The first-order valence-electron chi connectivity index (χ1n) is 5.13. The van der Waals surface area contributed by atoms with Crippen LogP contribution in [0.5, 0.6) is 0 Å². The molecule has 0 aliphatic rings. The lowest BCUT2D eigenvalue weighted by Crippen LogP contribution is -2.35. The van der Waals surface area contributed by atoms with Gasteiger partial charge in [0.25, 0.3) is 0 Å². The average Bonchev–Trinajstić information content (AvgIpc) is 2.26. The molecule has 0 fully saturated rings. The Labute approximate surface area is 101 Å². The Bertz CT molecular complexity index is 387. The van der Waals surface area contributed by atoms with E-state index in [9.17, 15) is 4.79 Å². The summed E-state index contributed by atoms with van der Waals surface area (Å²) in [5.41, 5.74) is 7.66. The normalized spacial score (nSPS) is 11.9. The number of aryl methyl sites for hydroxylation is 1. The molecule has 16 heavy (non-hydrogen) atoms. The molecule has 1 aromatic carbocycles. The van der Waals surface area contributed by atoms with Gasteiger partial charge in [-0.05, 0) is 19.4 Å². The third-order valence-electron chi connectivity index (χ3n) is 2.41. The second-order valence-corrected chi connectivity index (χ2v) is 4.30. The van der Waals surface area contributed by atoms with Crippen LogP contribution in [0.4, 0.5) is 0 Å². The van der Waals surface area contributed by atoms with Gasteiger partial charge in [-0.3, -0.25) is 4.79 Å². The Morgan fingerprint density at radius 3 is 2.50 bits per heavy atom. The maximum Gasteiger partial charge on any atom is 0.229 e. The molecular weight excluding hydrogens is 220 g/mol. The van der Waals surface area contributed by atoms with Crippen molar-refractivity contribution in [1.82, 2.24) is 5.32 Å². The van der Waals surface area contributed by atoms with Crippen LogP contribution in [-0.2, 0) is 11.3 Å². The van der Waals surface area contributed by atoms with Crippen molar-refractivity contribution in [2.75, 3.05) is 0 Å². The maximum absolute atomic E-state index is 11.5. The first-order valence-corrected chi connectivity index (χ1v) is 5.54. The van der Waals surface area contributed by atoms with Gasteiger partial charge >= 0.3 is 0 Å². The van der Waals surface area contributed by atoms with Crippen LogP contribution < -0.4 is 11.1 Å². The van der Waals surface area contributed by atoms with Crippen molar-refractivity contribution in [3.05, 3.63) is 35.4 Å². The summed E-state index contributed by atoms with van der Waals surface area (Å²) >= 11 is 4.76. The van der Waals surface area contributed by atoms with E-state index in [4.69, 9.17) is 18.0 Å². The number of carbonyl (C=O) groups excluding carboxylic acids is 1. The van der Waals surface area contributed by atoms with E-state index in [-0.39, 0.29) is 10.9 Å². The smallest absolute Gasteiger partial charge is 0.229 e. The van der Waals surface area contributed by atoms with Gasteiger partial charge in [-0.25, -0.2) is 0 Å². The van der Waals surface area contributed by atoms with Crippen molar-refractivity contribution in [3.63, 3.8) is 0 Å². The van der Waals surface area contributed by atoms with E-state index < -0.39 is 5.92 Å². The monoisotopic (exact) mass is 236 g/mol. The van der Waals surface area contributed by atoms with Gasteiger partial charge in [0.2, 0.25) is 5.91 Å². The highest BCUT2D eigenvalue weighted by molar-refractivity contribution is 7.80. The zero-order chi connectivity index (χ0) is 12.1. The van der Waals surface area contributed by atoms with Gasteiger partial charge in [-0.1, -0.05) is 42.0 Å². The number of rotatable bonds is 4. The van der Waals surface area contributed by atoms with E-state index in [0.717, 1.165) is 5.56 Å². The van der Waals surface area contributed by atoms with Crippen LogP contribution in [0.2, 0.25) is 0 Å². The summed E-state index contributed by atoms with van der Waals surface area (Å²) in [4.78, 5) is 11.8. The molecule has 0 radical (unpaired) electrons. The van der Waals surface area contributed by atoms with E-state index >= 15 is 0 Å². The highest BCUT2D eigenvalue weighted by atomic mass is 32.1. The van der Waals surface area contributed by atoms with Crippen LogP contribution in [0.15, 0.2) is 24.3 Å². The molecule has 0 heterocycles. The highest BCUT2D eigenvalue weighted by Crippen LogP contribution is 2.03. The Hall–Kier alpha value is -1.42. The summed E-state index contributed by atoms with van der Waals surface area (Å²) in [5, 5.41) is 2.79. The molecule has 0 aliphatic heterocycles. The maximum atomic E-state index is 11.5. The SMILES string of the molecule is Cc1ccc(CNC(=O)C(C)C(N)=S)cc1. The quantitative estimate of drug-likeness (QED) is 0.780. The number of amides is 1. The number of hydrogen-bond donors (Lipinski definition) is 2. The number of carbonyl (C=O) groups is 1. The summed E-state index contributed by atoms with van der Waals surface area (Å²) in [6.07, 6.45) is 0.